The first kappa shape index (κ1) is 20.7. The lowest BCUT2D eigenvalue weighted by atomic mass is 10.1. The molecule has 0 aliphatic heterocycles. The number of pyridine rings is 1. The van der Waals surface area contributed by atoms with Crippen LogP contribution in [-0.4, -0.2) is 38.1 Å². The molecule has 154 valence electrons. The smallest absolute Gasteiger partial charge is 0.257 e. The molecule has 2 amide bonds. The molecule has 0 radical (unpaired) electrons. The average Bonchev–Trinajstić information content (AvgIpc) is 2.80. The molecule has 1 heterocycles. The number of carbonyl (C=O) groups excluding carboxylic acids is 2. The Morgan fingerprint density at radius 1 is 0.800 bits per heavy atom. The summed E-state index contributed by atoms with van der Waals surface area (Å²) in [5, 5.41) is 5.57. The number of nitrogens with zero attached hydrogens (tertiary/aromatic N) is 1. The summed E-state index contributed by atoms with van der Waals surface area (Å²) in [4.78, 5) is 28.9. The van der Waals surface area contributed by atoms with Gasteiger partial charge in [-0.2, -0.15) is 0 Å². The zero-order valence-electron chi connectivity index (χ0n) is 16.8. The quantitative estimate of drug-likeness (QED) is 0.621. The highest BCUT2D eigenvalue weighted by Gasteiger charge is 2.14. The van der Waals surface area contributed by atoms with Crippen LogP contribution in [0.4, 0.5) is 11.4 Å². The second-order valence-corrected chi connectivity index (χ2v) is 6.17. The largest absolute Gasteiger partial charge is 0.497 e. The summed E-state index contributed by atoms with van der Waals surface area (Å²) in [6.07, 6.45) is 3.06. The van der Waals surface area contributed by atoms with E-state index in [9.17, 15) is 9.59 Å². The zero-order valence-corrected chi connectivity index (χ0v) is 16.8. The maximum Gasteiger partial charge on any atom is 0.257 e. The first-order valence-corrected chi connectivity index (χ1v) is 8.98. The van der Waals surface area contributed by atoms with Crippen molar-refractivity contribution in [3.8, 4) is 17.2 Å². The fourth-order valence-corrected chi connectivity index (χ4v) is 2.71. The fourth-order valence-electron chi connectivity index (χ4n) is 2.71. The van der Waals surface area contributed by atoms with Crippen molar-refractivity contribution in [2.45, 2.75) is 0 Å². The molecule has 1 aromatic heterocycles. The summed E-state index contributed by atoms with van der Waals surface area (Å²) in [6, 6.07) is 13.2. The van der Waals surface area contributed by atoms with Crippen molar-refractivity contribution in [3.05, 3.63) is 72.1 Å². The van der Waals surface area contributed by atoms with E-state index in [0.29, 0.717) is 39.8 Å². The van der Waals surface area contributed by atoms with Crippen LogP contribution in [0.25, 0.3) is 0 Å². The van der Waals surface area contributed by atoms with E-state index in [-0.39, 0.29) is 11.8 Å². The monoisotopic (exact) mass is 407 g/mol. The number of hydrogen-bond donors (Lipinski definition) is 2. The van der Waals surface area contributed by atoms with E-state index >= 15 is 0 Å². The highest BCUT2D eigenvalue weighted by molar-refractivity contribution is 6.06. The number of hydrogen-bond acceptors (Lipinski definition) is 6. The van der Waals surface area contributed by atoms with Crippen LogP contribution in [0.15, 0.2) is 60.9 Å². The van der Waals surface area contributed by atoms with Gasteiger partial charge < -0.3 is 24.8 Å². The summed E-state index contributed by atoms with van der Waals surface area (Å²) in [7, 11) is 4.51. The number of rotatable bonds is 7. The highest BCUT2D eigenvalue weighted by atomic mass is 16.5. The van der Waals surface area contributed by atoms with Gasteiger partial charge in [0.1, 0.15) is 17.2 Å². The predicted octanol–water partition coefficient (Wildman–Crippen LogP) is 3.61. The van der Waals surface area contributed by atoms with E-state index in [1.165, 1.54) is 27.5 Å². The van der Waals surface area contributed by atoms with Gasteiger partial charge in [-0.15, -0.1) is 0 Å². The molecule has 0 aliphatic carbocycles. The lowest BCUT2D eigenvalue weighted by Crippen LogP contribution is -2.14. The van der Waals surface area contributed by atoms with Gasteiger partial charge in [-0.05, 0) is 36.4 Å². The normalized spacial score (nSPS) is 10.1. The van der Waals surface area contributed by atoms with Gasteiger partial charge in [0.25, 0.3) is 11.8 Å². The maximum atomic E-state index is 12.7. The second-order valence-electron chi connectivity index (χ2n) is 6.17. The van der Waals surface area contributed by atoms with Gasteiger partial charge in [0.2, 0.25) is 0 Å². The molecule has 2 N–H and O–H groups in total. The van der Waals surface area contributed by atoms with Gasteiger partial charge in [-0.3, -0.25) is 14.6 Å². The average molecular weight is 407 g/mol. The first-order chi connectivity index (χ1) is 14.5. The van der Waals surface area contributed by atoms with Gasteiger partial charge in [0.05, 0.1) is 32.6 Å². The lowest BCUT2D eigenvalue weighted by Gasteiger charge is -2.13. The Hall–Kier alpha value is -4.07. The molecule has 3 aromatic rings. The van der Waals surface area contributed by atoms with Crippen LogP contribution in [0.1, 0.15) is 20.7 Å². The molecule has 3 rings (SSSR count). The van der Waals surface area contributed by atoms with E-state index in [4.69, 9.17) is 14.2 Å². The summed E-state index contributed by atoms with van der Waals surface area (Å²) in [5.41, 5.74) is 1.76. The van der Waals surface area contributed by atoms with Crippen LogP contribution >= 0.6 is 0 Å². The minimum absolute atomic E-state index is 0.318. The van der Waals surface area contributed by atoms with E-state index in [0.717, 1.165) is 0 Å². The molecule has 8 nitrogen and oxygen atoms in total. The number of nitrogens with one attached hydrogen (secondary N) is 2. The number of ether oxygens (including phenoxy) is 3. The molecule has 0 unspecified atom stereocenters. The van der Waals surface area contributed by atoms with Crippen molar-refractivity contribution < 1.29 is 23.8 Å². The van der Waals surface area contributed by atoms with Crippen LogP contribution in [0.2, 0.25) is 0 Å². The molecule has 2 aromatic carbocycles. The Kier molecular flexibility index (Phi) is 6.49. The predicted molar refractivity (Wildman–Crippen MR) is 113 cm³/mol. The summed E-state index contributed by atoms with van der Waals surface area (Å²) in [6.45, 7) is 0. The van der Waals surface area contributed by atoms with Gasteiger partial charge in [-0.25, -0.2) is 0 Å². The van der Waals surface area contributed by atoms with Crippen molar-refractivity contribution in [1.29, 1.82) is 0 Å². The molecule has 30 heavy (non-hydrogen) atoms. The third-order valence-corrected chi connectivity index (χ3v) is 4.24. The molecule has 0 fully saturated rings. The molecule has 0 spiro atoms. The van der Waals surface area contributed by atoms with Crippen LogP contribution in [0.3, 0.4) is 0 Å². The van der Waals surface area contributed by atoms with Gasteiger partial charge in [-0.1, -0.05) is 0 Å². The highest BCUT2D eigenvalue weighted by Crippen LogP contribution is 2.29. The van der Waals surface area contributed by atoms with Crippen molar-refractivity contribution >= 4 is 23.2 Å². The number of anilines is 2. The Balaban J connectivity index is 1.78. The number of amides is 2. The Morgan fingerprint density at radius 3 is 2.10 bits per heavy atom. The standard InChI is InChI=1S/C22H21N3O5/c1-28-17-9-15(10-18(12-17)29-2)22(27)24-16-6-7-19(20(11-16)30-3)25-21(26)14-5-4-8-23-13-14/h4-13H,1-3H3,(H,24,27)(H,25,26). The molecule has 0 atom stereocenters. The van der Waals surface area contributed by atoms with Crippen molar-refractivity contribution in [3.63, 3.8) is 0 Å². The van der Waals surface area contributed by atoms with Gasteiger partial charge >= 0.3 is 0 Å². The van der Waals surface area contributed by atoms with Crippen molar-refractivity contribution in [2.24, 2.45) is 0 Å². The van der Waals surface area contributed by atoms with Crippen LogP contribution in [0, 0.1) is 0 Å². The maximum absolute atomic E-state index is 12.7. The molecule has 0 saturated heterocycles. The van der Waals surface area contributed by atoms with E-state index in [1.807, 2.05) is 0 Å². The van der Waals surface area contributed by atoms with Crippen LogP contribution in [0.5, 0.6) is 17.2 Å². The first-order valence-electron chi connectivity index (χ1n) is 8.98. The zero-order chi connectivity index (χ0) is 21.5. The molecular weight excluding hydrogens is 386 g/mol. The van der Waals surface area contributed by atoms with E-state index in [2.05, 4.69) is 15.6 Å². The molecule has 8 heteroatoms. The Bertz CT molecular complexity index is 1030. The Labute approximate surface area is 173 Å². The van der Waals surface area contributed by atoms with Crippen LogP contribution in [-0.2, 0) is 0 Å². The van der Waals surface area contributed by atoms with Crippen molar-refractivity contribution in [2.75, 3.05) is 32.0 Å². The summed E-state index contributed by atoms with van der Waals surface area (Å²) in [5.74, 6) is 0.743. The number of aromatic nitrogens is 1. The van der Waals surface area contributed by atoms with Gasteiger partial charge in [0, 0.05) is 35.8 Å². The molecular formula is C22H21N3O5. The lowest BCUT2D eigenvalue weighted by molar-refractivity contribution is 0.101. The fraction of sp³-hybridized carbons (Fsp3) is 0.136. The minimum Gasteiger partial charge on any atom is -0.497 e. The molecule has 0 saturated carbocycles. The molecule has 0 aliphatic rings. The SMILES string of the molecule is COc1cc(OC)cc(C(=O)Nc2ccc(NC(=O)c3cccnc3)c(OC)c2)c1. The minimum atomic E-state index is -0.346. The van der Waals surface area contributed by atoms with Crippen LogP contribution < -0.4 is 24.8 Å². The number of carbonyl (C=O) groups is 2. The Morgan fingerprint density at radius 2 is 1.50 bits per heavy atom. The number of methoxy groups -OCH3 is 3. The topological polar surface area (TPSA) is 98.8 Å². The second kappa shape index (κ2) is 9.42. The van der Waals surface area contributed by atoms with E-state index in [1.54, 1.807) is 54.7 Å². The van der Waals surface area contributed by atoms with E-state index < -0.39 is 0 Å². The molecule has 0 bridgehead atoms. The third-order valence-electron chi connectivity index (χ3n) is 4.24. The summed E-state index contributed by atoms with van der Waals surface area (Å²) >= 11 is 0. The third kappa shape index (κ3) is 4.85. The summed E-state index contributed by atoms with van der Waals surface area (Å²) < 4.78 is 15.8. The van der Waals surface area contributed by atoms with Gasteiger partial charge in [0.15, 0.2) is 0 Å². The van der Waals surface area contributed by atoms with Crippen molar-refractivity contribution in [1.82, 2.24) is 4.98 Å². The number of benzene rings is 2.